The molecule has 3 rings (SSSR count). The van der Waals surface area contributed by atoms with Crippen molar-refractivity contribution >= 4 is 40.3 Å². The van der Waals surface area contributed by atoms with Crippen molar-refractivity contribution in [2.75, 3.05) is 23.0 Å². The van der Waals surface area contributed by atoms with Crippen molar-refractivity contribution in [3.63, 3.8) is 0 Å². The van der Waals surface area contributed by atoms with Crippen molar-refractivity contribution in [2.24, 2.45) is 0 Å². The molecule has 1 aliphatic rings. The zero-order chi connectivity index (χ0) is 15.0. The van der Waals surface area contributed by atoms with Crippen molar-refractivity contribution in [1.29, 1.82) is 0 Å². The quantitative estimate of drug-likeness (QED) is 0.744. The van der Waals surface area contributed by atoms with Crippen LogP contribution in [0.4, 0.5) is 22.7 Å². The number of fused-ring (bicyclic) bond motifs is 1. The standard InChI is InChI=1S/C15H14ClN3O2/c1-8-2-3-11(9(16)4-8)18-12-6-13-14(5-10(12)17)21-7-15(20)19-13/h2-6,18H,7,17H2,1H3,(H,19,20). The van der Waals surface area contributed by atoms with Crippen molar-refractivity contribution in [3.05, 3.63) is 40.9 Å². The first kappa shape index (κ1) is 13.6. The van der Waals surface area contributed by atoms with E-state index >= 15 is 0 Å². The molecular weight excluding hydrogens is 290 g/mol. The minimum absolute atomic E-state index is 0.00298. The third-order valence-electron chi connectivity index (χ3n) is 3.18. The number of aryl methyl sites for hydroxylation is 1. The molecule has 0 fully saturated rings. The third-order valence-corrected chi connectivity index (χ3v) is 3.49. The van der Waals surface area contributed by atoms with Crippen LogP contribution >= 0.6 is 11.6 Å². The molecule has 0 atom stereocenters. The molecular formula is C15H14ClN3O2. The van der Waals surface area contributed by atoms with Crippen LogP contribution in [0.1, 0.15) is 5.56 Å². The van der Waals surface area contributed by atoms with E-state index in [-0.39, 0.29) is 12.5 Å². The Bertz CT molecular complexity index is 731. The van der Waals surface area contributed by atoms with E-state index < -0.39 is 0 Å². The molecule has 2 aromatic carbocycles. The monoisotopic (exact) mass is 303 g/mol. The number of ether oxygens (including phenoxy) is 1. The summed E-state index contributed by atoms with van der Waals surface area (Å²) in [5.74, 6) is 0.374. The number of nitrogens with two attached hydrogens (primary N) is 1. The number of nitrogen functional groups attached to an aromatic ring is 1. The second-order valence-corrected chi connectivity index (χ2v) is 5.29. The fourth-order valence-corrected chi connectivity index (χ4v) is 2.40. The molecule has 0 radical (unpaired) electrons. The minimum atomic E-state index is -0.188. The van der Waals surface area contributed by atoms with Crippen molar-refractivity contribution in [2.45, 2.75) is 6.92 Å². The summed E-state index contributed by atoms with van der Waals surface area (Å²) in [6, 6.07) is 9.11. The number of hydrogen-bond donors (Lipinski definition) is 3. The highest BCUT2D eigenvalue weighted by Gasteiger charge is 2.18. The molecule has 21 heavy (non-hydrogen) atoms. The van der Waals surface area contributed by atoms with Crippen LogP contribution in [0.2, 0.25) is 5.02 Å². The van der Waals surface area contributed by atoms with Crippen molar-refractivity contribution in [3.8, 4) is 5.75 Å². The van der Waals surface area contributed by atoms with E-state index in [1.54, 1.807) is 12.1 Å². The van der Waals surface area contributed by atoms with Crippen LogP contribution in [-0.4, -0.2) is 12.5 Å². The van der Waals surface area contributed by atoms with Gasteiger partial charge in [0.2, 0.25) is 0 Å². The van der Waals surface area contributed by atoms with E-state index in [4.69, 9.17) is 22.1 Å². The Morgan fingerprint density at radius 2 is 2.10 bits per heavy atom. The lowest BCUT2D eigenvalue weighted by atomic mass is 10.1. The van der Waals surface area contributed by atoms with E-state index in [2.05, 4.69) is 10.6 Å². The molecule has 6 heteroatoms. The van der Waals surface area contributed by atoms with Gasteiger partial charge in [0.05, 0.1) is 27.8 Å². The summed E-state index contributed by atoms with van der Waals surface area (Å²) in [5.41, 5.74) is 9.59. The second-order valence-electron chi connectivity index (χ2n) is 4.88. The number of amides is 1. The maximum atomic E-state index is 11.4. The van der Waals surface area contributed by atoms with Gasteiger partial charge in [-0.05, 0) is 30.7 Å². The van der Waals surface area contributed by atoms with Crippen LogP contribution < -0.4 is 21.1 Å². The lowest BCUT2D eigenvalue weighted by Gasteiger charge is -2.20. The first-order valence-electron chi connectivity index (χ1n) is 6.42. The maximum Gasteiger partial charge on any atom is 0.262 e. The predicted molar refractivity (Wildman–Crippen MR) is 84.5 cm³/mol. The van der Waals surface area contributed by atoms with Gasteiger partial charge in [-0.25, -0.2) is 0 Å². The molecule has 0 unspecified atom stereocenters. The number of carbonyl (C=O) groups excluding carboxylic acids is 1. The molecule has 0 aliphatic carbocycles. The van der Waals surface area contributed by atoms with Gasteiger partial charge in [-0.3, -0.25) is 4.79 Å². The number of hydrogen-bond acceptors (Lipinski definition) is 4. The van der Waals surface area contributed by atoms with Gasteiger partial charge in [-0.15, -0.1) is 0 Å². The molecule has 1 aliphatic heterocycles. The smallest absolute Gasteiger partial charge is 0.262 e. The van der Waals surface area contributed by atoms with E-state index in [0.29, 0.717) is 27.8 Å². The number of halogens is 1. The first-order valence-corrected chi connectivity index (χ1v) is 6.80. The average molecular weight is 304 g/mol. The predicted octanol–water partition coefficient (Wildman–Crippen LogP) is 3.31. The van der Waals surface area contributed by atoms with Crippen LogP contribution in [0, 0.1) is 6.92 Å². The van der Waals surface area contributed by atoms with Gasteiger partial charge in [0.15, 0.2) is 6.61 Å². The summed E-state index contributed by atoms with van der Waals surface area (Å²) >= 11 is 6.20. The number of anilines is 4. The van der Waals surface area contributed by atoms with Gasteiger partial charge >= 0.3 is 0 Å². The van der Waals surface area contributed by atoms with Gasteiger partial charge in [0.1, 0.15) is 5.75 Å². The van der Waals surface area contributed by atoms with Crippen LogP contribution in [-0.2, 0) is 4.79 Å². The fraction of sp³-hybridized carbons (Fsp3) is 0.133. The highest BCUT2D eigenvalue weighted by Crippen LogP contribution is 2.37. The lowest BCUT2D eigenvalue weighted by molar-refractivity contribution is -0.118. The minimum Gasteiger partial charge on any atom is -0.482 e. The van der Waals surface area contributed by atoms with Crippen LogP contribution in [0.5, 0.6) is 5.75 Å². The largest absolute Gasteiger partial charge is 0.482 e. The van der Waals surface area contributed by atoms with Crippen molar-refractivity contribution < 1.29 is 9.53 Å². The Kier molecular flexibility index (Phi) is 3.35. The fourth-order valence-electron chi connectivity index (χ4n) is 2.12. The Morgan fingerprint density at radius 1 is 1.29 bits per heavy atom. The van der Waals surface area contributed by atoms with E-state index in [1.807, 2.05) is 25.1 Å². The van der Waals surface area contributed by atoms with Gasteiger partial charge in [0, 0.05) is 6.07 Å². The number of benzene rings is 2. The Balaban J connectivity index is 1.95. The molecule has 4 N–H and O–H groups in total. The molecule has 0 saturated carbocycles. The molecule has 0 spiro atoms. The van der Waals surface area contributed by atoms with Crippen LogP contribution in [0.3, 0.4) is 0 Å². The summed E-state index contributed by atoms with van der Waals surface area (Å²) in [6.07, 6.45) is 0. The normalized spacial score (nSPS) is 13.1. The van der Waals surface area contributed by atoms with E-state index in [1.165, 1.54) is 0 Å². The second kappa shape index (κ2) is 5.18. The molecule has 108 valence electrons. The van der Waals surface area contributed by atoms with Gasteiger partial charge in [0.25, 0.3) is 5.91 Å². The highest BCUT2D eigenvalue weighted by atomic mass is 35.5. The molecule has 5 nitrogen and oxygen atoms in total. The zero-order valence-corrected chi connectivity index (χ0v) is 12.1. The average Bonchev–Trinajstić information content (AvgIpc) is 2.43. The molecule has 0 saturated heterocycles. The number of carbonyl (C=O) groups is 1. The molecule has 1 heterocycles. The SMILES string of the molecule is Cc1ccc(Nc2cc3c(cc2N)OCC(=O)N3)c(Cl)c1. The summed E-state index contributed by atoms with van der Waals surface area (Å²) < 4.78 is 5.32. The van der Waals surface area contributed by atoms with Gasteiger partial charge in [-0.2, -0.15) is 0 Å². The molecule has 2 aromatic rings. The Labute approximate surface area is 127 Å². The van der Waals surface area contributed by atoms with Crippen LogP contribution in [0.15, 0.2) is 30.3 Å². The molecule has 1 amide bonds. The summed E-state index contributed by atoms with van der Waals surface area (Å²) in [6.45, 7) is 1.97. The molecule has 0 aromatic heterocycles. The van der Waals surface area contributed by atoms with E-state index in [9.17, 15) is 4.79 Å². The zero-order valence-electron chi connectivity index (χ0n) is 11.4. The van der Waals surface area contributed by atoms with Gasteiger partial charge < -0.3 is 21.1 Å². The third kappa shape index (κ3) is 2.73. The summed E-state index contributed by atoms with van der Waals surface area (Å²) in [7, 11) is 0. The van der Waals surface area contributed by atoms with Crippen LogP contribution in [0.25, 0.3) is 0 Å². The van der Waals surface area contributed by atoms with Gasteiger partial charge in [-0.1, -0.05) is 17.7 Å². The number of nitrogens with one attached hydrogen (secondary N) is 2. The lowest BCUT2D eigenvalue weighted by Crippen LogP contribution is -2.25. The Morgan fingerprint density at radius 3 is 2.86 bits per heavy atom. The molecule has 0 bridgehead atoms. The topological polar surface area (TPSA) is 76.4 Å². The maximum absolute atomic E-state index is 11.4. The highest BCUT2D eigenvalue weighted by molar-refractivity contribution is 6.33. The first-order chi connectivity index (χ1) is 10.0. The van der Waals surface area contributed by atoms with Crippen molar-refractivity contribution in [1.82, 2.24) is 0 Å². The number of rotatable bonds is 2. The van der Waals surface area contributed by atoms with E-state index in [0.717, 1.165) is 11.3 Å². The Hall–Kier alpha value is -2.40. The summed E-state index contributed by atoms with van der Waals surface area (Å²) in [4.78, 5) is 11.4. The summed E-state index contributed by atoms with van der Waals surface area (Å²) in [5, 5.41) is 6.52.